The van der Waals surface area contributed by atoms with Crippen LogP contribution in [0.3, 0.4) is 0 Å². The molecule has 1 aromatic heterocycles. The van der Waals surface area contributed by atoms with Crippen molar-refractivity contribution in [2.45, 2.75) is 5.22 Å². The van der Waals surface area contributed by atoms with Crippen LogP contribution in [-0.4, -0.2) is 16.6 Å². The number of nitrogens with one attached hydrogen (secondary N) is 1. The van der Waals surface area contributed by atoms with Gasteiger partial charge in [0.25, 0.3) is 5.22 Å². The summed E-state index contributed by atoms with van der Waals surface area (Å²) in [5, 5.41) is 3.14. The highest BCUT2D eigenvalue weighted by Gasteiger charge is 2.18. The Balaban J connectivity index is 1.53. The Kier molecular flexibility index (Phi) is 5.72. The summed E-state index contributed by atoms with van der Waals surface area (Å²) in [5.74, 6) is 0.222. The third-order valence-electron chi connectivity index (χ3n) is 4.15. The van der Waals surface area contributed by atoms with Crippen molar-refractivity contribution in [3.63, 3.8) is 0 Å². The molecule has 1 amide bonds. The van der Waals surface area contributed by atoms with Crippen LogP contribution in [0.15, 0.2) is 94.6 Å². The zero-order valence-electron chi connectivity index (χ0n) is 15.3. The second kappa shape index (κ2) is 8.75. The minimum Gasteiger partial charge on any atom is -0.431 e. The number of oxazole rings is 1. The summed E-state index contributed by atoms with van der Waals surface area (Å²) in [6, 6.07) is 25.2. The Bertz CT molecular complexity index is 1040. The van der Waals surface area contributed by atoms with Gasteiger partial charge in [-0.25, -0.2) is 9.37 Å². The SMILES string of the molecule is O=C(CSc1nc(-c2ccccc2)c(-c2ccccc2)o1)Nc1ccc(F)cc1. The van der Waals surface area contributed by atoms with Crippen molar-refractivity contribution in [2.24, 2.45) is 0 Å². The molecular weight excluding hydrogens is 387 g/mol. The van der Waals surface area contributed by atoms with Gasteiger partial charge in [0.1, 0.15) is 11.5 Å². The number of hydrogen-bond acceptors (Lipinski definition) is 4. The van der Waals surface area contributed by atoms with E-state index in [1.807, 2.05) is 60.7 Å². The fourth-order valence-corrected chi connectivity index (χ4v) is 3.42. The minimum atomic E-state index is -0.348. The lowest BCUT2D eigenvalue weighted by atomic mass is 10.1. The van der Waals surface area contributed by atoms with Gasteiger partial charge in [0.15, 0.2) is 5.76 Å². The van der Waals surface area contributed by atoms with E-state index in [2.05, 4.69) is 10.3 Å². The lowest BCUT2D eigenvalue weighted by Crippen LogP contribution is -2.13. The maximum Gasteiger partial charge on any atom is 0.257 e. The molecule has 3 aromatic carbocycles. The molecule has 6 heteroatoms. The van der Waals surface area contributed by atoms with Gasteiger partial charge in [-0.05, 0) is 24.3 Å². The molecule has 144 valence electrons. The van der Waals surface area contributed by atoms with Gasteiger partial charge in [-0.1, -0.05) is 72.4 Å². The summed E-state index contributed by atoms with van der Waals surface area (Å²) in [5.41, 5.74) is 3.14. The fraction of sp³-hybridized carbons (Fsp3) is 0.0435. The van der Waals surface area contributed by atoms with E-state index in [0.717, 1.165) is 16.8 Å². The number of hydrogen-bond donors (Lipinski definition) is 1. The molecule has 4 aromatic rings. The second-order valence-electron chi connectivity index (χ2n) is 6.23. The summed E-state index contributed by atoms with van der Waals surface area (Å²) in [7, 11) is 0. The standard InChI is InChI=1S/C23H17FN2O2S/c24-18-11-13-19(14-12-18)25-20(27)15-29-23-26-21(16-7-3-1-4-8-16)22(28-23)17-9-5-2-6-10-17/h1-14H,15H2,(H,25,27). The van der Waals surface area contributed by atoms with E-state index < -0.39 is 0 Å². The highest BCUT2D eigenvalue weighted by Crippen LogP contribution is 2.35. The van der Waals surface area contributed by atoms with Gasteiger partial charge >= 0.3 is 0 Å². The summed E-state index contributed by atoms with van der Waals surface area (Å²) < 4.78 is 19.0. The number of amides is 1. The molecule has 0 atom stereocenters. The summed E-state index contributed by atoms with van der Waals surface area (Å²) >= 11 is 1.21. The molecule has 0 aliphatic rings. The molecule has 0 saturated heterocycles. The first-order chi connectivity index (χ1) is 14.2. The van der Waals surface area contributed by atoms with Crippen LogP contribution in [0.1, 0.15) is 0 Å². The van der Waals surface area contributed by atoms with Crippen molar-refractivity contribution in [1.82, 2.24) is 4.98 Å². The highest BCUT2D eigenvalue weighted by molar-refractivity contribution is 7.99. The number of halogens is 1. The number of nitrogens with zero attached hydrogens (tertiary/aromatic N) is 1. The molecule has 0 spiro atoms. The third-order valence-corrected chi connectivity index (χ3v) is 4.97. The van der Waals surface area contributed by atoms with E-state index in [4.69, 9.17) is 4.42 Å². The monoisotopic (exact) mass is 404 g/mol. The lowest BCUT2D eigenvalue weighted by Gasteiger charge is -2.03. The maximum atomic E-state index is 13.0. The first kappa shape index (κ1) is 19.0. The van der Waals surface area contributed by atoms with Gasteiger partial charge in [0.05, 0.1) is 5.75 Å². The number of anilines is 1. The first-order valence-corrected chi connectivity index (χ1v) is 9.97. The topological polar surface area (TPSA) is 55.1 Å². The molecule has 29 heavy (non-hydrogen) atoms. The van der Waals surface area contributed by atoms with E-state index in [9.17, 15) is 9.18 Å². The van der Waals surface area contributed by atoms with Crippen molar-refractivity contribution < 1.29 is 13.6 Å². The molecule has 1 N–H and O–H groups in total. The third kappa shape index (κ3) is 4.73. The summed E-state index contributed by atoms with van der Waals surface area (Å²) in [6.07, 6.45) is 0. The number of thioether (sulfide) groups is 1. The Labute approximate surface area is 171 Å². The van der Waals surface area contributed by atoms with Crippen LogP contribution in [0.25, 0.3) is 22.6 Å². The number of benzene rings is 3. The molecule has 1 heterocycles. The molecule has 0 aliphatic carbocycles. The summed E-state index contributed by atoms with van der Waals surface area (Å²) in [6.45, 7) is 0. The van der Waals surface area contributed by atoms with Crippen LogP contribution < -0.4 is 5.32 Å². The number of aromatic nitrogens is 1. The molecule has 0 aliphatic heterocycles. The van der Waals surface area contributed by atoms with Crippen LogP contribution in [-0.2, 0) is 4.79 Å². The van der Waals surface area contributed by atoms with E-state index in [0.29, 0.717) is 16.7 Å². The number of rotatable bonds is 6. The largest absolute Gasteiger partial charge is 0.431 e. The molecule has 4 nitrogen and oxygen atoms in total. The van der Waals surface area contributed by atoms with Gasteiger partial charge < -0.3 is 9.73 Å². The molecular formula is C23H17FN2O2S. The Morgan fingerprint density at radius 1 is 0.897 bits per heavy atom. The van der Waals surface area contributed by atoms with Crippen molar-refractivity contribution in [3.8, 4) is 22.6 Å². The predicted molar refractivity (Wildman–Crippen MR) is 113 cm³/mol. The van der Waals surface area contributed by atoms with Crippen LogP contribution in [0.4, 0.5) is 10.1 Å². The zero-order valence-corrected chi connectivity index (χ0v) is 16.2. The second-order valence-corrected chi connectivity index (χ2v) is 7.16. The van der Waals surface area contributed by atoms with Gasteiger partial charge in [-0.15, -0.1) is 0 Å². The average Bonchev–Trinajstić information content (AvgIpc) is 3.20. The molecule has 0 unspecified atom stereocenters. The Morgan fingerprint density at radius 2 is 1.52 bits per heavy atom. The molecule has 0 fully saturated rings. The summed E-state index contributed by atoms with van der Waals surface area (Å²) in [4.78, 5) is 16.8. The first-order valence-electron chi connectivity index (χ1n) is 8.99. The normalized spacial score (nSPS) is 10.7. The van der Waals surface area contributed by atoms with Gasteiger partial charge in [0, 0.05) is 16.8 Å². The molecule has 0 saturated carbocycles. The van der Waals surface area contributed by atoms with E-state index in [1.165, 1.54) is 36.0 Å². The maximum absolute atomic E-state index is 13.0. The minimum absolute atomic E-state index is 0.125. The van der Waals surface area contributed by atoms with E-state index in [-0.39, 0.29) is 17.5 Å². The molecule has 0 radical (unpaired) electrons. The Hall–Kier alpha value is -3.38. The quantitative estimate of drug-likeness (QED) is 0.408. The van der Waals surface area contributed by atoms with Gasteiger partial charge in [-0.2, -0.15) is 0 Å². The van der Waals surface area contributed by atoms with Gasteiger partial charge in [-0.3, -0.25) is 4.79 Å². The fourth-order valence-electron chi connectivity index (χ4n) is 2.80. The average molecular weight is 404 g/mol. The molecule has 4 rings (SSSR count). The number of carbonyl (C=O) groups excluding carboxylic acids is 1. The Morgan fingerprint density at radius 3 is 2.17 bits per heavy atom. The predicted octanol–water partition coefficient (Wildman–Crippen LogP) is 5.88. The number of carbonyl (C=O) groups is 1. The van der Waals surface area contributed by atoms with Crippen molar-refractivity contribution in [3.05, 3.63) is 90.7 Å². The van der Waals surface area contributed by atoms with E-state index >= 15 is 0 Å². The van der Waals surface area contributed by atoms with Crippen LogP contribution >= 0.6 is 11.8 Å². The van der Waals surface area contributed by atoms with Crippen molar-refractivity contribution in [2.75, 3.05) is 11.1 Å². The van der Waals surface area contributed by atoms with Crippen molar-refractivity contribution in [1.29, 1.82) is 0 Å². The lowest BCUT2D eigenvalue weighted by molar-refractivity contribution is -0.113. The van der Waals surface area contributed by atoms with Crippen LogP contribution in [0.2, 0.25) is 0 Å². The molecule has 0 bridgehead atoms. The van der Waals surface area contributed by atoms with E-state index in [1.54, 1.807) is 0 Å². The van der Waals surface area contributed by atoms with Gasteiger partial charge in [0.2, 0.25) is 5.91 Å². The van der Waals surface area contributed by atoms with Crippen LogP contribution in [0, 0.1) is 5.82 Å². The highest BCUT2D eigenvalue weighted by atomic mass is 32.2. The smallest absolute Gasteiger partial charge is 0.257 e. The van der Waals surface area contributed by atoms with Crippen molar-refractivity contribution >= 4 is 23.4 Å². The van der Waals surface area contributed by atoms with Crippen LogP contribution in [0.5, 0.6) is 0 Å². The zero-order chi connectivity index (χ0) is 20.1.